The number of carbonyl (C=O) groups is 1. The number of nitrogens with one attached hydrogen (secondary N) is 1. The highest BCUT2D eigenvalue weighted by Crippen LogP contribution is 2.27. The van der Waals surface area contributed by atoms with Crippen molar-refractivity contribution in [3.05, 3.63) is 54.2 Å². The number of carbonyl (C=O) groups excluding carboxylic acids is 1. The third-order valence-corrected chi connectivity index (χ3v) is 5.38. The summed E-state index contributed by atoms with van der Waals surface area (Å²) < 4.78 is 0. The number of hydrogen-bond acceptors (Lipinski definition) is 4. The van der Waals surface area contributed by atoms with E-state index in [0.717, 1.165) is 30.3 Å². The minimum absolute atomic E-state index is 0.0318. The van der Waals surface area contributed by atoms with Gasteiger partial charge in [0, 0.05) is 25.0 Å². The Bertz CT molecular complexity index is 671. The van der Waals surface area contributed by atoms with Crippen molar-refractivity contribution in [2.45, 2.75) is 30.8 Å². The lowest BCUT2D eigenvalue weighted by molar-refractivity contribution is -0.115. The second-order valence-electron chi connectivity index (χ2n) is 6.00. The summed E-state index contributed by atoms with van der Waals surface area (Å²) in [6, 6.07) is 14.0. The summed E-state index contributed by atoms with van der Waals surface area (Å²) in [4.78, 5) is 19.2. The van der Waals surface area contributed by atoms with Crippen LogP contribution in [-0.2, 0) is 10.5 Å². The molecule has 2 heterocycles. The van der Waals surface area contributed by atoms with E-state index >= 15 is 0 Å². The summed E-state index contributed by atoms with van der Waals surface area (Å²) in [6.45, 7) is 3.98. The van der Waals surface area contributed by atoms with E-state index in [1.165, 1.54) is 18.4 Å². The Labute approximate surface area is 147 Å². The summed E-state index contributed by atoms with van der Waals surface area (Å²) in [5.74, 6) is 1.76. The number of thioether (sulfide) groups is 1. The average Bonchev–Trinajstić information content (AvgIpc) is 3.15. The molecule has 1 aliphatic heterocycles. The highest BCUT2D eigenvalue weighted by Gasteiger charge is 2.20. The van der Waals surface area contributed by atoms with Gasteiger partial charge in [-0.3, -0.25) is 4.79 Å². The molecule has 1 fully saturated rings. The summed E-state index contributed by atoms with van der Waals surface area (Å²) in [6.07, 6.45) is 4.16. The van der Waals surface area contributed by atoms with Crippen LogP contribution in [0.2, 0.25) is 0 Å². The van der Waals surface area contributed by atoms with Crippen molar-refractivity contribution < 1.29 is 4.79 Å². The molecule has 1 N–H and O–H groups in total. The monoisotopic (exact) mass is 341 g/mol. The van der Waals surface area contributed by atoms with Gasteiger partial charge in [-0.05, 0) is 37.5 Å². The number of hydrogen-bond donors (Lipinski definition) is 1. The van der Waals surface area contributed by atoms with E-state index in [-0.39, 0.29) is 11.2 Å². The molecule has 1 saturated heterocycles. The van der Waals surface area contributed by atoms with Gasteiger partial charge in [0.05, 0.1) is 10.9 Å². The summed E-state index contributed by atoms with van der Waals surface area (Å²) in [5.41, 5.74) is 2.05. The van der Waals surface area contributed by atoms with Crippen LogP contribution in [0.15, 0.2) is 48.7 Å². The summed E-state index contributed by atoms with van der Waals surface area (Å²) in [7, 11) is 0. The van der Waals surface area contributed by atoms with E-state index in [1.54, 1.807) is 18.0 Å². The topological polar surface area (TPSA) is 45.2 Å². The standard InChI is InChI=1S/C19H23N3OS/c1-15(24-14-16-8-3-2-4-9-16)19(23)21-17-10-7-11-20-18(17)22-12-5-6-13-22/h2-4,7-11,15H,5-6,12-14H2,1H3,(H,21,23). The van der Waals surface area contributed by atoms with Crippen molar-refractivity contribution in [2.24, 2.45) is 0 Å². The maximum Gasteiger partial charge on any atom is 0.237 e. The molecule has 5 heteroatoms. The van der Waals surface area contributed by atoms with E-state index in [0.29, 0.717) is 0 Å². The van der Waals surface area contributed by atoms with Crippen LogP contribution < -0.4 is 10.2 Å². The molecule has 1 aliphatic rings. The fourth-order valence-electron chi connectivity index (χ4n) is 2.78. The Morgan fingerprint density at radius 1 is 1.21 bits per heavy atom. The van der Waals surface area contributed by atoms with Gasteiger partial charge in [0.2, 0.25) is 5.91 Å². The molecule has 126 valence electrons. The molecule has 2 aromatic rings. The molecule has 0 aliphatic carbocycles. The van der Waals surface area contributed by atoms with Crippen LogP contribution in [0.5, 0.6) is 0 Å². The predicted octanol–water partition coefficient (Wildman–Crippen LogP) is 3.94. The SMILES string of the molecule is CC(SCc1ccccc1)C(=O)Nc1cccnc1N1CCCC1. The lowest BCUT2D eigenvalue weighted by Gasteiger charge is -2.21. The molecule has 1 amide bonds. The molecular weight excluding hydrogens is 318 g/mol. The van der Waals surface area contributed by atoms with Crippen LogP contribution in [0.1, 0.15) is 25.3 Å². The first-order valence-corrected chi connectivity index (χ1v) is 9.45. The van der Waals surface area contributed by atoms with Crippen molar-refractivity contribution in [1.82, 2.24) is 4.98 Å². The number of anilines is 2. The average molecular weight is 341 g/mol. The van der Waals surface area contributed by atoms with E-state index in [1.807, 2.05) is 37.3 Å². The Morgan fingerprint density at radius 2 is 1.96 bits per heavy atom. The number of nitrogens with zero attached hydrogens (tertiary/aromatic N) is 2. The van der Waals surface area contributed by atoms with Gasteiger partial charge in [-0.2, -0.15) is 0 Å². The zero-order chi connectivity index (χ0) is 16.8. The highest BCUT2D eigenvalue weighted by atomic mass is 32.2. The second-order valence-corrected chi connectivity index (χ2v) is 7.33. The Hall–Kier alpha value is -2.01. The van der Waals surface area contributed by atoms with Crippen molar-refractivity contribution in [3.8, 4) is 0 Å². The van der Waals surface area contributed by atoms with Gasteiger partial charge in [0.1, 0.15) is 0 Å². The zero-order valence-electron chi connectivity index (χ0n) is 13.9. The Balaban J connectivity index is 1.60. The van der Waals surface area contributed by atoms with E-state index in [9.17, 15) is 4.79 Å². The largest absolute Gasteiger partial charge is 0.355 e. The molecule has 3 rings (SSSR count). The quantitative estimate of drug-likeness (QED) is 0.864. The molecule has 0 saturated carbocycles. The van der Waals surface area contributed by atoms with Crippen LogP contribution in [0.25, 0.3) is 0 Å². The molecule has 0 bridgehead atoms. The molecule has 1 unspecified atom stereocenters. The Kier molecular flexibility index (Phi) is 5.75. The molecule has 1 aromatic carbocycles. The number of aromatic nitrogens is 1. The molecule has 1 aromatic heterocycles. The van der Waals surface area contributed by atoms with Gasteiger partial charge >= 0.3 is 0 Å². The van der Waals surface area contributed by atoms with Gasteiger partial charge < -0.3 is 10.2 Å². The van der Waals surface area contributed by atoms with Gasteiger partial charge in [-0.25, -0.2) is 4.98 Å². The molecular formula is C19H23N3OS. The van der Waals surface area contributed by atoms with Crippen LogP contribution in [0.3, 0.4) is 0 Å². The first kappa shape index (κ1) is 16.8. The van der Waals surface area contributed by atoms with Crippen LogP contribution >= 0.6 is 11.8 Å². The lowest BCUT2D eigenvalue weighted by atomic mass is 10.2. The third kappa shape index (κ3) is 4.29. The molecule has 24 heavy (non-hydrogen) atoms. The van der Waals surface area contributed by atoms with Crippen LogP contribution in [-0.4, -0.2) is 29.2 Å². The van der Waals surface area contributed by atoms with Gasteiger partial charge in [-0.1, -0.05) is 30.3 Å². The number of rotatable bonds is 6. The fraction of sp³-hybridized carbons (Fsp3) is 0.368. The van der Waals surface area contributed by atoms with Crippen molar-refractivity contribution in [1.29, 1.82) is 0 Å². The number of pyridine rings is 1. The van der Waals surface area contributed by atoms with Crippen molar-refractivity contribution in [2.75, 3.05) is 23.3 Å². The molecule has 1 atom stereocenters. The van der Waals surface area contributed by atoms with Gasteiger partial charge in [0.15, 0.2) is 5.82 Å². The fourth-order valence-corrected chi connectivity index (χ4v) is 3.63. The summed E-state index contributed by atoms with van der Waals surface area (Å²) in [5, 5.41) is 2.95. The van der Waals surface area contributed by atoms with Gasteiger partial charge in [-0.15, -0.1) is 11.8 Å². The van der Waals surface area contributed by atoms with Crippen LogP contribution in [0.4, 0.5) is 11.5 Å². The zero-order valence-corrected chi connectivity index (χ0v) is 14.8. The minimum atomic E-state index is -0.114. The normalized spacial score (nSPS) is 15.3. The minimum Gasteiger partial charge on any atom is -0.355 e. The maximum absolute atomic E-state index is 12.5. The van der Waals surface area contributed by atoms with Crippen LogP contribution in [0, 0.1) is 0 Å². The van der Waals surface area contributed by atoms with Crippen molar-refractivity contribution >= 4 is 29.2 Å². The maximum atomic E-state index is 12.5. The first-order valence-electron chi connectivity index (χ1n) is 8.40. The number of amides is 1. The van der Waals surface area contributed by atoms with Gasteiger partial charge in [0.25, 0.3) is 0 Å². The molecule has 0 spiro atoms. The third-order valence-electron chi connectivity index (χ3n) is 4.16. The lowest BCUT2D eigenvalue weighted by Crippen LogP contribution is -2.26. The van der Waals surface area contributed by atoms with E-state index in [2.05, 4.69) is 27.3 Å². The second kappa shape index (κ2) is 8.20. The highest BCUT2D eigenvalue weighted by molar-refractivity contribution is 7.99. The van der Waals surface area contributed by atoms with Crippen molar-refractivity contribution in [3.63, 3.8) is 0 Å². The van der Waals surface area contributed by atoms with E-state index < -0.39 is 0 Å². The predicted molar refractivity (Wildman–Crippen MR) is 102 cm³/mol. The first-order chi connectivity index (χ1) is 11.7. The molecule has 4 nitrogen and oxygen atoms in total. The van der Waals surface area contributed by atoms with E-state index in [4.69, 9.17) is 0 Å². The summed E-state index contributed by atoms with van der Waals surface area (Å²) >= 11 is 1.65. The molecule has 0 radical (unpaired) electrons. The number of benzene rings is 1. The Morgan fingerprint density at radius 3 is 2.71 bits per heavy atom. The smallest absolute Gasteiger partial charge is 0.237 e.